The van der Waals surface area contributed by atoms with Gasteiger partial charge >= 0.3 is 0 Å². The molecule has 3 heterocycles. The van der Waals surface area contributed by atoms with Gasteiger partial charge in [-0.1, -0.05) is 41.6 Å². The van der Waals surface area contributed by atoms with E-state index < -0.39 is 0 Å². The van der Waals surface area contributed by atoms with Crippen molar-refractivity contribution in [3.8, 4) is 11.1 Å². The SMILES string of the molecule is Cc1ccc2ccccc2c1-c1cnc2c(C3=NOCN3)cnn2c1N. The number of nitrogens with two attached hydrogens (primary N) is 1. The van der Waals surface area contributed by atoms with Crippen LogP contribution in [0.5, 0.6) is 0 Å². The first-order valence-corrected chi connectivity index (χ1v) is 8.29. The minimum atomic E-state index is 0.343. The lowest BCUT2D eigenvalue weighted by atomic mass is 9.95. The molecule has 7 heteroatoms. The molecule has 0 saturated heterocycles. The highest BCUT2D eigenvalue weighted by Gasteiger charge is 2.20. The van der Waals surface area contributed by atoms with Crippen molar-refractivity contribution in [1.82, 2.24) is 19.9 Å². The Balaban J connectivity index is 1.77. The van der Waals surface area contributed by atoms with Crippen LogP contribution in [0.25, 0.3) is 27.5 Å². The number of aryl methyl sites for hydroxylation is 1. The predicted molar refractivity (Wildman–Crippen MR) is 101 cm³/mol. The molecule has 26 heavy (non-hydrogen) atoms. The van der Waals surface area contributed by atoms with Crippen LogP contribution in [0.3, 0.4) is 0 Å². The second-order valence-electron chi connectivity index (χ2n) is 6.22. The first-order chi connectivity index (χ1) is 12.7. The average molecular weight is 344 g/mol. The molecule has 1 aliphatic heterocycles. The van der Waals surface area contributed by atoms with E-state index in [1.807, 2.05) is 12.1 Å². The summed E-state index contributed by atoms with van der Waals surface area (Å²) in [7, 11) is 0. The Hall–Kier alpha value is -3.61. The topological polar surface area (TPSA) is 89.8 Å². The Labute approximate surface area is 149 Å². The quantitative estimate of drug-likeness (QED) is 0.583. The number of nitrogens with one attached hydrogen (secondary N) is 1. The molecular formula is C19H16N6O. The Bertz CT molecular complexity index is 1190. The lowest BCUT2D eigenvalue weighted by molar-refractivity contribution is 0.164. The van der Waals surface area contributed by atoms with Gasteiger partial charge in [-0.3, -0.25) is 0 Å². The van der Waals surface area contributed by atoms with Gasteiger partial charge in [-0.05, 0) is 28.8 Å². The van der Waals surface area contributed by atoms with Gasteiger partial charge in [0.2, 0.25) is 0 Å². The number of hydrogen-bond donors (Lipinski definition) is 2. The number of anilines is 1. The predicted octanol–water partition coefficient (Wildman–Crippen LogP) is 2.68. The van der Waals surface area contributed by atoms with Gasteiger partial charge < -0.3 is 15.9 Å². The van der Waals surface area contributed by atoms with Gasteiger partial charge in [0, 0.05) is 11.8 Å². The van der Waals surface area contributed by atoms with E-state index in [-0.39, 0.29) is 0 Å². The summed E-state index contributed by atoms with van der Waals surface area (Å²) in [6, 6.07) is 12.5. The zero-order valence-electron chi connectivity index (χ0n) is 14.1. The minimum Gasteiger partial charge on any atom is -0.383 e. The van der Waals surface area contributed by atoms with Gasteiger partial charge in [0.25, 0.3) is 0 Å². The summed E-state index contributed by atoms with van der Waals surface area (Å²) in [6.45, 7) is 2.42. The van der Waals surface area contributed by atoms with Crippen molar-refractivity contribution < 1.29 is 4.84 Å². The fourth-order valence-corrected chi connectivity index (χ4v) is 3.42. The Morgan fingerprint density at radius 2 is 2.00 bits per heavy atom. The van der Waals surface area contributed by atoms with Gasteiger partial charge in [0.05, 0.1) is 11.8 Å². The first-order valence-electron chi connectivity index (χ1n) is 8.29. The van der Waals surface area contributed by atoms with Gasteiger partial charge in [-0.15, -0.1) is 0 Å². The van der Waals surface area contributed by atoms with E-state index in [1.54, 1.807) is 16.9 Å². The van der Waals surface area contributed by atoms with Crippen molar-refractivity contribution in [1.29, 1.82) is 0 Å². The van der Waals surface area contributed by atoms with E-state index in [2.05, 4.69) is 51.7 Å². The second kappa shape index (κ2) is 5.45. The summed E-state index contributed by atoms with van der Waals surface area (Å²) in [5.74, 6) is 1.15. The summed E-state index contributed by atoms with van der Waals surface area (Å²) in [6.07, 6.45) is 3.50. The van der Waals surface area contributed by atoms with Gasteiger partial charge in [-0.25, -0.2) is 4.98 Å². The average Bonchev–Trinajstić information content (AvgIpc) is 3.32. The van der Waals surface area contributed by atoms with Gasteiger partial charge in [-0.2, -0.15) is 9.61 Å². The van der Waals surface area contributed by atoms with E-state index in [0.29, 0.717) is 24.0 Å². The summed E-state index contributed by atoms with van der Waals surface area (Å²) < 4.78 is 1.65. The third kappa shape index (κ3) is 2.03. The molecule has 0 unspecified atom stereocenters. The number of aromatic nitrogens is 3. The van der Waals surface area contributed by atoms with Gasteiger partial charge in [0.15, 0.2) is 18.2 Å². The molecule has 0 spiro atoms. The normalized spacial score (nSPS) is 13.7. The zero-order chi connectivity index (χ0) is 17.7. The molecule has 7 nitrogen and oxygen atoms in total. The van der Waals surface area contributed by atoms with Crippen LogP contribution in [0, 0.1) is 6.92 Å². The van der Waals surface area contributed by atoms with Crippen LogP contribution in [0.2, 0.25) is 0 Å². The standard InChI is InChI=1S/C19H16N6O/c1-11-6-7-12-4-2-3-5-13(12)16(11)14-8-21-19-15(18-22-10-26-24-18)9-23-25(19)17(14)20/h2-9H,10,20H2,1H3,(H,22,24). The largest absolute Gasteiger partial charge is 0.383 e. The number of fused-ring (bicyclic) bond motifs is 2. The van der Waals surface area contributed by atoms with Crippen LogP contribution in [-0.4, -0.2) is 27.2 Å². The molecule has 0 amide bonds. The van der Waals surface area contributed by atoms with E-state index in [9.17, 15) is 0 Å². The molecule has 1 aliphatic rings. The summed E-state index contributed by atoms with van der Waals surface area (Å²) >= 11 is 0. The van der Waals surface area contributed by atoms with Crippen LogP contribution in [0.1, 0.15) is 11.1 Å². The lowest BCUT2D eigenvalue weighted by Gasteiger charge is -2.13. The first kappa shape index (κ1) is 14.7. The molecule has 128 valence electrons. The van der Waals surface area contributed by atoms with E-state index >= 15 is 0 Å². The summed E-state index contributed by atoms with van der Waals surface area (Å²) in [5, 5.41) is 13.7. The van der Waals surface area contributed by atoms with E-state index in [0.717, 1.165) is 33.0 Å². The molecule has 3 N–H and O–H groups in total. The number of nitrogen functional groups attached to an aromatic ring is 1. The van der Waals surface area contributed by atoms with E-state index in [1.165, 1.54) is 0 Å². The van der Waals surface area contributed by atoms with Crippen molar-refractivity contribution in [3.63, 3.8) is 0 Å². The number of oxime groups is 1. The number of hydrogen-bond acceptors (Lipinski definition) is 6. The van der Waals surface area contributed by atoms with Crippen LogP contribution in [0.15, 0.2) is 53.9 Å². The maximum atomic E-state index is 6.49. The van der Waals surface area contributed by atoms with Crippen LogP contribution in [0.4, 0.5) is 5.82 Å². The van der Waals surface area contributed by atoms with E-state index in [4.69, 9.17) is 10.6 Å². The molecular weight excluding hydrogens is 328 g/mol. The molecule has 5 rings (SSSR count). The Morgan fingerprint density at radius 3 is 2.85 bits per heavy atom. The molecule has 0 atom stereocenters. The second-order valence-corrected chi connectivity index (χ2v) is 6.22. The van der Waals surface area contributed by atoms with Crippen LogP contribution in [-0.2, 0) is 4.84 Å². The number of amidine groups is 1. The molecule has 0 saturated carbocycles. The molecule has 0 aliphatic carbocycles. The van der Waals surface area contributed by atoms with Crippen molar-refractivity contribution in [3.05, 3.63) is 59.9 Å². The number of benzene rings is 2. The molecule has 0 bridgehead atoms. The monoisotopic (exact) mass is 344 g/mol. The molecule has 0 fully saturated rings. The minimum absolute atomic E-state index is 0.343. The highest BCUT2D eigenvalue weighted by Crippen LogP contribution is 2.35. The fourth-order valence-electron chi connectivity index (χ4n) is 3.42. The zero-order valence-corrected chi connectivity index (χ0v) is 14.1. The Kier molecular flexibility index (Phi) is 3.08. The molecule has 2 aromatic heterocycles. The van der Waals surface area contributed by atoms with Gasteiger partial charge in [0.1, 0.15) is 5.82 Å². The third-order valence-electron chi connectivity index (χ3n) is 4.69. The molecule has 4 aromatic rings. The number of nitrogens with zero attached hydrogens (tertiary/aromatic N) is 4. The van der Waals surface area contributed by atoms with Crippen LogP contribution >= 0.6 is 0 Å². The fraction of sp³-hybridized carbons (Fsp3) is 0.105. The highest BCUT2D eigenvalue weighted by atomic mass is 16.6. The highest BCUT2D eigenvalue weighted by molar-refractivity contribution is 6.05. The van der Waals surface area contributed by atoms with Crippen molar-refractivity contribution >= 4 is 28.1 Å². The summed E-state index contributed by atoms with van der Waals surface area (Å²) in [4.78, 5) is 9.61. The Morgan fingerprint density at radius 1 is 1.12 bits per heavy atom. The third-order valence-corrected chi connectivity index (χ3v) is 4.69. The molecule has 0 radical (unpaired) electrons. The van der Waals surface area contributed by atoms with Crippen LogP contribution < -0.4 is 11.1 Å². The molecule has 2 aromatic carbocycles. The smallest absolute Gasteiger partial charge is 0.188 e. The summed E-state index contributed by atoms with van der Waals surface area (Å²) in [5.41, 5.74) is 11.0. The van der Waals surface area contributed by atoms with Crippen molar-refractivity contribution in [2.75, 3.05) is 12.5 Å². The maximum Gasteiger partial charge on any atom is 0.188 e. The van der Waals surface area contributed by atoms with Crippen molar-refractivity contribution in [2.24, 2.45) is 5.16 Å². The maximum absolute atomic E-state index is 6.49. The van der Waals surface area contributed by atoms with Crippen molar-refractivity contribution in [2.45, 2.75) is 6.92 Å². The lowest BCUT2D eigenvalue weighted by Crippen LogP contribution is -2.19. The number of rotatable bonds is 2.